The molecule has 0 aromatic rings. The zero-order chi connectivity index (χ0) is 23.4. The van der Waals surface area contributed by atoms with Gasteiger partial charge in [0.15, 0.2) is 0 Å². The van der Waals surface area contributed by atoms with Crippen LogP contribution in [0, 0.1) is 5.92 Å². The lowest BCUT2D eigenvalue weighted by molar-refractivity contribution is -0.135. The van der Waals surface area contributed by atoms with Gasteiger partial charge in [-0.3, -0.25) is 19.2 Å². The molecule has 2 atom stereocenters. The highest BCUT2D eigenvalue weighted by atomic mass is 16.2. The molecule has 0 aromatic carbocycles. The van der Waals surface area contributed by atoms with E-state index in [9.17, 15) is 19.2 Å². The average molecular weight is 437 g/mol. The van der Waals surface area contributed by atoms with Gasteiger partial charge in [0.25, 0.3) is 0 Å². The number of hydrogen-bond donors (Lipinski definition) is 2. The second kappa shape index (κ2) is 13.8. The fourth-order valence-corrected chi connectivity index (χ4v) is 3.89. The minimum Gasteiger partial charge on any atom is -0.354 e. The number of likely N-dealkylation sites (tertiary alicyclic amines) is 1. The SMILES string of the molecule is CCCCCCNC(=O)[C@@H]1CCCN1C(=O)C(C)=C[C@H](C(C)C)N(C)C(=O)CNC=O. The lowest BCUT2D eigenvalue weighted by Gasteiger charge is -2.30. The number of amides is 4. The third-order valence-corrected chi connectivity index (χ3v) is 5.76. The summed E-state index contributed by atoms with van der Waals surface area (Å²) >= 11 is 0. The highest BCUT2D eigenvalue weighted by molar-refractivity contribution is 5.97. The van der Waals surface area contributed by atoms with Crippen molar-refractivity contribution in [3.63, 3.8) is 0 Å². The molecule has 0 spiro atoms. The summed E-state index contributed by atoms with van der Waals surface area (Å²) in [5, 5.41) is 5.36. The van der Waals surface area contributed by atoms with Crippen LogP contribution in [0.2, 0.25) is 0 Å². The van der Waals surface area contributed by atoms with Crippen molar-refractivity contribution in [3.05, 3.63) is 11.6 Å². The van der Waals surface area contributed by atoms with E-state index in [2.05, 4.69) is 17.6 Å². The normalized spacial score (nSPS) is 17.4. The molecule has 0 bridgehead atoms. The Bertz CT molecular complexity index is 647. The van der Waals surface area contributed by atoms with Gasteiger partial charge in [0, 0.05) is 25.7 Å². The van der Waals surface area contributed by atoms with Crippen LogP contribution in [0.15, 0.2) is 11.6 Å². The predicted molar refractivity (Wildman–Crippen MR) is 121 cm³/mol. The van der Waals surface area contributed by atoms with E-state index in [1.807, 2.05) is 13.8 Å². The first kappa shape index (κ1) is 26.7. The van der Waals surface area contributed by atoms with Crippen LogP contribution in [-0.4, -0.2) is 72.7 Å². The van der Waals surface area contributed by atoms with Crippen LogP contribution >= 0.6 is 0 Å². The third kappa shape index (κ3) is 8.34. The molecule has 0 saturated carbocycles. The maximum atomic E-state index is 13.1. The van der Waals surface area contributed by atoms with E-state index in [-0.39, 0.29) is 36.2 Å². The summed E-state index contributed by atoms with van der Waals surface area (Å²) < 4.78 is 0. The minimum atomic E-state index is -0.435. The van der Waals surface area contributed by atoms with Gasteiger partial charge in [0.1, 0.15) is 6.04 Å². The standard InChI is InChI=1S/C23H40N4O4/c1-6-7-8-9-12-25-22(30)19-11-10-13-27(19)23(31)18(4)14-20(17(2)3)26(5)21(29)15-24-16-28/h14,16-17,19-20H,6-13,15H2,1-5H3,(H,24,28)(H,25,30)/t19-,20+/m0/s1. The van der Waals surface area contributed by atoms with E-state index < -0.39 is 6.04 Å². The van der Waals surface area contributed by atoms with Gasteiger partial charge in [-0.05, 0) is 32.1 Å². The molecular formula is C23H40N4O4. The van der Waals surface area contributed by atoms with E-state index in [0.29, 0.717) is 31.5 Å². The van der Waals surface area contributed by atoms with Gasteiger partial charge in [-0.15, -0.1) is 0 Å². The molecule has 1 aliphatic rings. The molecule has 1 fully saturated rings. The Morgan fingerprint density at radius 2 is 1.90 bits per heavy atom. The van der Waals surface area contributed by atoms with Crippen LogP contribution in [0.4, 0.5) is 0 Å². The molecule has 0 unspecified atom stereocenters. The predicted octanol–water partition coefficient (Wildman–Crippen LogP) is 1.85. The van der Waals surface area contributed by atoms with Crippen molar-refractivity contribution in [3.8, 4) is 0 Å². The Morgan fingerprint density at radius 3 is 2.52 bits per heavy atom. The monoisotopic (exact) mass is 436 g/mol. The van der Waals surface area contributed by atoms with Crippen LogP contribution in [0.25, 0.3) is 0 Å². The van der Waals surface area contributed by atoms with Crippen LogP contribution in [0.3, 0.4) is 0 Å². The molecule has 8 heteroatoms. The second-order valence-corrected chi connectivity index (χ2v) is 8.60. The Hall–Kier alpha value is -2.38. The van der Waals surface area contributed by atoms with Gasteiger partial charge in [0.05, 0.1) is 12.6 Å². The van der Waals surface area contributed by atoms with E-state index in [4.69, 9.17) is 0 Å². The Labute approximate surface area is 186 Å². The summed E-state index contributed by atoms with van der Waals surface area (Å²) in [6.45, 7) is 8.94. The summed E-state index contributed by atoms with van der Waals surface area (Å²) in [5.41, 5.74) is 0.518. The first-order valence-corrected chi connectivity index (χ1v) is 11.4. The summed E-state index contributed by atoms with van der Waals surface area (Å²) in [7, 11) is 1.67. The molecule has 176 valence electrons. The summed E-state index contributed by atoms with van der Waals surface area (Å²) in [4.78, 5) is 51.7. The van der Waals surface area contributed by atoms with E-state index in [1.54, 1.807) is 29.8 Å². The van der Waals surface area contributed by atoms with Gasteiger partial charge < -0.3 is 20.4 Å². The molecule has 1 saturated heterocycles. The van der Waals surface area contributed by atoms with Crippen molar-refractivity contribution >= 4 is 24.1 Å². The highest BCUT2D eigenvalue weighted by Gasteiger charge is 2.34. The smallest absolute Gasteiger partial charge is 0.249 e. The molecule has 2 N–H and O–H groups in total. The maximum absolute atomic E-state index is 13.1. The first-order chi connectivity index (χ1) is 14.7. The number of carbonyl (C=O) groups is 4. The number of nitrogens with zero attached hydrogens (tertiary/aromatic N) is 2. The van der Waals surface area contributed by atoms with Crippen molar-refractivity contribution in [2.45, 2.75) is 78.3 Å². The summed E-state index contributed by atoms with van der Waals surface area (Å²) in [6.07, 6.45) is 8.11. The van der Waals surface area contributed by atoms with Crippen LogP contribution in [-0.2, 0) is 19.2 Å². The van der Waals surface area contributed by atoms with Crippen molar-refractivity contribution < 1.29 is 19.2 Å². The van der Waals surface area contributed by atoms with Crippen molar-refractivity contribution in [2.75, 3.05) is 26.7 Å². The molecule has 0 aromatic heterocycles. The fraction of sp³-hybridized carbons (Fsp3) is 0.739. The summed E-state index contributed by atoms with van der Waals surface area (Å²) in [6, 6.07) is -0.728. The Morgan fingerprint density at radius 1 is 1.19 bits per heavy atom. The van der Waals surface area contributed by atoms with Crippen molar-refractivity contribution in [2.24, 2.45) is 5.92 Å². The van der Waals surface area contributed by atoms with E-state index in [1.165, 1.54) is 0 Å². The van der Waals surface area contributed by atoms with E-state index in [0.717, 1.165) is 32.1 Å². The average Bonchev–Trinajstić information content (AvgIpc) is 3.24. The quantitative estimate of drug-likeness (QED) is 0.261. The molecule has 1 rings (SSSR count). The van der Waals surface area contributed by atoms with Crippen molar-refractivity contribution in [1.29, 1.82) is 0 Å². The number of likely N-dealkylation sites (N-methyl/N-ethyl adjacent to an activating group) is 1. The minimum absolute atomic E-state index is 0.0775. The summed E-state index contributed by atoms with van der Waals surface area (Å²) in [5.74, 6) is -0.401. The number of hydrogen-bond acceptors (Lipinski definition) is 4. The molecule has 31 heavy (non-hydrogen) atoms. The lowest BCUT2D eigenvalue weighted by atomic mass is 9.99. The van der Waals surface area contributed by atoms with Crippen molar-refractivity contribution in [1.82, 2.24) is 20.4 Å². The van der Waals surface area contributed by atoms with Crippen LogP contribution < -0.4 is 10.6 Å². The molecular weight excluding hydrogens is 396 g/mol. The molecule has 4 amide bonds. The van der Waals surface area contributed by atoms with E-state index >= 15 is 0 Å². The number of nitrogens with one attached hydrogen (secondary N) is 2. The van der Waals surface area contributed by atoms with Gasteiger partial charge in [-0.1, -0.05) is 46.1 Å². The second-order valence-electron chi connectivity index (χ2n) is 8.60. The van der Waals surface area contributed by atoms with Gasteiger partial charge in [0.2, 0.25) is 24.1 Å². The van der Waals surface area contributed by atoms with Gasteiger partial charge in [-0.2, -0.15) is 0 Å². The lowest BCUT2D eigenvalue weighted by Crippen LogP contribution is -2.47. The zero-order valence-electron chi connectivity index (χ0n) is 19.8. The molecule has 1 heterocycles. The van der Waals surface area contributed by atoms with Crippen LogP contribution in [0.5, 0.6) is 0 Å². The zero-order valence-corrected chi connectivity index (χ0v) is 19.8. The molecule has 8 nitrogen and oxygen atoms in total. The third-order valence-electron chi connectivity index (χ3n) is 5.76. The maximum Gasteiger partial charge on any atom is 0.249 e. The van der Waals surface area contributed by atoms with Crippen LogP contribution in [0.1, 0.15) is 66.2 Å². The Balaban J connectivity index is 2.80. The topological polar surface area (TPSA) is 98.8 Å². The number of carbonyl (C=O) groups excluding carboxylic acids is 4. The highest BCUT2D eigenvalue weighted by Crippen LogP contribution is 2.21. The Kier molecular flexibility index (Phi) is 11.9. The number of rotatable bonds is 13. The van der Waals surface area contributed by atoms with Gasteiger partial charge >= 0.3 is 0 Å². The molecule has 0 radical (unpaired) electrons. The molecule has 0 aliphatic carbocycles. The first-order valence-electron chi connectivity index (χ1n) is 11.4. The van der Waals surface area contributed by atoms with Gasteiger partial charge in [-0.25, -0.2) is 0 Å². The largest absolute Gasteiger partial charge is 0.354 e. The number of unbranched alkanes of at least 4 members (excludes halogenated alkanes) is 3. The fourth-order valence-electron chi connectivity index (χ4n) is 3.89. The molecule has 1 aliphatic heterocycles.